The number of carbonyl (C=O) groups excluding carboxylic acids is 2. The van der Waals surface area contributed by atoms with Gasteiger partial charge in [0.25, 0.3) is 5.91 Å². The number of aromatic amines is 1. The maximum Gasteiger partial charge on any atom is 0.253 e. The Morgan fingerprint density at radius 1 is 1.20 bits per heavy atom. The Labute approximate surface area is 175 Å². The lowest BCUT2D eigenvalue weighted by molar-refractivity contribution is -0.122. The second-order valence-electron chi connectivity index (χ2n) is 8.04. The van der Waals surface area contributed by atoms with Gasteiger partial charge in [-0.3, -0.25) is 14.3 Å². The Bertz CT molecular complexity index is 1050. The topological polar surface area (TPSA) is 95.9 Å². The number of likely N-dealkylation sites (tertiary alicyclic amines) is 1. The highest BCUT2D eigenvalue weighted by Crippen LogP contribution is 2.23. The van der Waals surface area contributed by atoms with Gasteiger partial charge in [-0.1, -0.05) is 0 Å². The predicted octanol–water partition coefficient (Wildman–Crippen LogP) is 2.43. The number of nitrogens with one attached hydrogen (secondary N) is 2. The molecule has 0 atom stereocenters. The molecule has 1 aliphatic heterocycles. The molecular formula is C22H28N6O2. The average Bonchev–Trinajstić information content (AvgIpc) is 3.31. The maximum absolute atomic E-state index is 12.9. The van der Waals surface area contributed by atoms with E-state index in [0.29, 0.717) is 44.1 Å². The summed E-state index contributed by atoms with van der Waals surface area (Å²) >= 11 is 0. The molecule has 30 heavy (non-hydrogen) atoms. The number of imidazole rings is 1. The summed E-state index contributed by atoms with van der Waals surface area (Å²) in [6, 6.07) is 7.54. The van der Waals surface area contributed by atoms with Gasteiger partial charge in [0.1, 0.15) is 5.82 Å². The number of H-pyrrole nitrogens is 1. The maximum atomic E-state index is 12.9. The van der Waals surface area contributed by atoms with Gasteiger partial charge >= 0.3 is 0 Å². The number of piperidine rings is 1. The SMILES string of the molecule is Cc1nc2ccc(C(=O)N3CCC(CC(=O)NCCn4nccc4C)CC3)cc2[nH]1. The van der Waals surface area contributed by atoms with Crippen LogP contribution in [-0.4, -0.2) is 56.1 Å². The molecular weight excluding hydrogens is 380 g/mol. The summed E-state index contributed by atoms with van der Waals surface area (Å²) in [5.41, 5.74) is 3.52. The van der Waals surface area contributed by atoms with Crippen molar-refractivity contribution in [3.63, 3.8) is 0 Å². The molecule has 158 valence electrons. The standard InChI is InChI=1S/C22H28N6O2/c1-15-5-8-24-28(15)12-9-23-21(29)13-17-6-10-27(11-7-17)22(30)18-3-4-19-20(14-18)26-16(2)25-19/h3-5,8,14,17H,6-7,9-13H2,1-2H3,(H,23,29)(H,25,26). The lowest BCUT2D eigenvalue weighted by Gasteiger charge is -2.31. The fourth-order valence-electron chi connectivity index (χ4n) is 4.06. The van der Waals surface area contributed by atoms with Crippen LogP contribution in [0.5, 0.6) is 0 Å². The van der Waals surface area contributed by atoms with Crippen molar-refractivity contribution >= 4 is 22.8 Å². The monoisotopic (exact) mass is 408 g/mol. The minimum Gasteiger partial charge on any atom is -0.354 e. The van der Waals surface area contributed by atoms with Crippen molar-refractivity contribution in [1.82, 2.24) is 30.0 Å². The van der Waals surface area contributed by atoms with E-state index < -0.39 is 0 Å². The third-order valence-corrected chi connectivity index (χ3v) is 5.80. The van der Waals surface area contributed by atoms with Crippen LogP contribution in [-0.2, 0) is 11.3 Å². The summed E-state index contributed by atoms with van der Waals surface area (Å²) in [7, 11) is 0. The molecule has 1 fully saturated rings. The fraction of sp³-hybridized carbons (Fsp3) is 0.455. The molecule has 4 rings (SSSR count). The summed E-state index contributed by atoms with van der Waals surface area (Å²) in [4.78, 5) is 34.6. The number of nitrogens with zero attached hydrogens (tertiary/aromatic N) is 4. The molecule has 3 heterocycles. The van der Waals surface area contributed by atoms with Crippen LogP contribution in [0.3, 0.4) is 0 Å². The van der Waals surface area contributed by atoms with E-state index >= 15 is 0 Å². The highest BCUT2D eigenvalue weighted by molar-refractivity contribution is 5.97. The van der Waals surface area contributed by atoms with Crippen molar-refractivity contribution < 1.29 is 9.59 Å². The van der Waals surface area contributed by atoms with E-state index in [0.717, 1.165) is 35.4 Å². The number of rotatable bonds is 6. The normalized spacial score (nSPS) is 14.9. The van der Waals surface area contributed by atoms with Gasteiger partial charge in [-0.05, 0) is 56.9 Å². The summed E-state index contributed by atoms with van der Waals surface area (Å²) in [6.45, 7) is 6.53. The molecule has 1 aliphatic rings. The number of fused-ring (bicyclic) bond motifs is 1. The largest absolute Gasteiger partial charge is 0.354 e. The van der Waals surface area contributed by atoms with Gasteiger partial charge in [-0.15, -0.1) is 0 Å². The minimum absolute atomic E-state index is 0.0432. The van der Waals surface area contributed by atoms with Gasteiger partial charge in [0.05, 0.1) is 17.6 Å². The second-order valence-corrected chi connectivity index (χ2v) is 8.04. The quantitative estimate of drug-likeness (QED) is 0.655. The molecule has 8 heteroatoms. The zero-order valence-electron chi connectivity index (χ0n) is 17.5. The summed E-state index contributed by atoms with van der Waals surface area (Å²) in [5.74, 6) is 1.28. The number of aryl methyl sites for hydroxylation is 2. The highest BCUT2D eigenvalue weighted by Gasteiger charge is 2.25. The lowest BCUT2D eigenvalue weighted by Crippen LogP contribution is -2.40. The highest BCUT2D eigenvalue weighted by atomic mass is 16.2. The number of hydrogen-bond acceptors (Lipinski definition) is 4. The fourth-order valence-corrected chi connectivity index (χ4v) is 4.06. The van der Waals surface area contributed by atoms with E-state index in [1.54, 1.807) is 6.20 Å². The molecule has 0 aliphatic carbocycles. The van der Waals surface area contributed by atoms with E-state index in [4.69, 9.17) is 0 Å². The molecule has 2 aromatic heterocycles. The number of benzene rings is 1. The molecule has 0 bridgehead atoms. The third kappa shape index (κ3) is 4.53. The van der Waals surface area contributed by atoms with Crippen LogP contribution in [0.25, 0.3) is 11.0 Å². The van der Waals surface area contributed by atoms with E-state index in [1.165, 1.54) is 0 Å². The molecule has 1 saturated heterocycles. The number of hydrogen-bond donors (Lipinski definition) is 2. The van der Waals surface area contributed by atoms with Crippen molar-refractivity contribution in [3.05, 3.63) is 47.5 Å². The Morgan fingerprint density at radius 2 is 2.00 bits per heavy atom. The molecule has 3 aromatic rings. The summed E-state index contributed by atoms with van der Waals surface area (Å²) in [5, 5.41) is 7.20. The van der Waals surface area contributed by atoms with Crippen molar-refractivity contribution in [2.24, 2.45) is 5.92 Å². The second kappa shape index (κ2) is 8.69. The van der Waals surface area contributed by atoms with Gasteiger partial charge in [0, 0.05) is 43.5 Å². The Morgan fingerprint density at radius 3 is 2.73 bits per heavy atom. The lowest BCUT2D eigenvalue weighted by atomic mass is 9.93. The van der Waals surface area contributed by atoms with Gasteiger partial charge in [-0.2, -0.15) is 5.10 Å². The molecule has 0 unspecified atom stereocenters. The van der Waals surface area contributed by atoms with Crippen molar-refractivity contribution in [2.75, 3.05) is 19.6 Å². The van der Waals surface area contributed by atoms with E-state index in [9.17, 15) is 9.59 Å². The molecule has 0 spiro atoms. The minimum atomic E-state index is 0.0432. The zero-order valence-corrected chi connectivity index (χ0v) is 17.5. The Kier molecular flexibility index (Phi) is 5.83. The van der Waals surface area contributed by atoms with E-state index in [-0.39, 0.29) is 11.8 Å². The Hall–Kier alpha value is -3.16. The third-order valence-electron chi connectivity index (χ3n) is 5.80. The van der Waals surface area contributed by atoms with Crippen LogP contribution in [0, 0.1) is 19.8 Å². The first-order chi connectivity index (χ1) is 14.5. The molecule has 2 amide bonds. The molecule has 8 nitrogen and oxygen atoms in total. The van der Waals surface area contributed by atoms with Crippen LogP contribution in [0.2, 0.25) is 0 Å². The predicted molar refractivity (Wildman–Crippen MR) is 114 cm³/mol. The smallest absolute Gasteiger partial charge is 0.253 e. The van der Waals surface area contributed by atoms with Gasteiger partial charge in [0.2, 0.25) is 5.91 Å². The molecule has 2 N–H and O–H groups in total. The van der Waals surface area contributed by atoms with Crippen LogP contribution >= 0.6 is 0 Å². The van der Waals surface area contributed by atoms with Crippen LogP contribution in [0.4, 0.5) is 0 Å². The summed E-state index contributed by atoms with van der Waals surface area (Å²) < 4.78 is 1.88. The number of aromatic nitrogens is 4. The average molecular weight is 409 g/mol. The molecule has 0 saturated carbocycles. The first-order valence-electron chi connectivity index (χ1n) is 10.5. The van der Waals surface area contributed by atoms with Crippen LogP contribution in [0.1, 0.15) is 41.1 Å². The summed E-state index contributed by atoms with van der Waals surface area (Å²) in [6.07, 6.45) is 3.98. The van der Waals surface area contributed by atoms with E-state index in [1.807, 2.05) is 47.7 Å². The Balaban J connectivity index is 1.23. The number of amides is 2. The zero-order chi connectivity index (χ0) is 21.1. The number of carbonyl (C=O) groups is 2. The van der Waals surface area contributed by atoms with Crippen LogP contribution in [0.15, 0.2) is 30.5 Å². The van der Waals surface area contributed by atoms with Crippen molar-refractivity contribution in [2.45, 2.75) is 39.7 Å². The van der Waals surface area contributed by atoms with E-state index in [2.05, 4.69) is 20.4 Å². The van der Waals surface area contributed by atoms with Gasteiger partial charge in [-0.25, -0.2) is 4.98 Å². The van der Waals surface area contributed by atoms with Crippen molar-refractivity contribution in [3.8, 4) is 0 Å². The van der Waals surface area contributed by atoms with Crippen LogP contribution < -0.4 is 5.32 Å². The van der Waals surface area contributed by atoms with Gasteiger partial charge in [0.15, 0.2) is 0 Å². The van der Waals surface area contributed by atoms with Gasteiger partial charge < -0.3 is 15.2 Å². The van der Waals surface area contributed by atoms with Crippen molar-refractivity contribution in [1.29, 1.82) is 0 Å². The first-order valence-corrected chi connectivity index (χ1v) is 10.5. The molecule has 1 aromatic carbocycles. The first kappa shape index (κ1) is 20.1. The molecule has 0 radical (unpaired) electrons.